The van der Waals surface area contributed by atoms with E-state index in [1.54, 1.807) is 0 Å². The number of carbonyl (C=O) groups excluding carboxylic acids is 1. The van der Waals surface area contributed by atoms with Crippen LogP contribution in [0.25, 0.3) is 0 Å². The van der Waals surface area contributed by atoms with Gasteiger partial charge in [-0.05, 0) is 26.8 Å². The topological polar surface area (TPSA) is 44.1 Å². The molecule has 0 unspecified atom stereocenters. The molecule has 0 aromatic rings. The summed E-state index contributed by atoms with van der Waals surface area (Å²) in [6.07, 6.45) is 2.26. The molecule has 1 aliphatic heterocycles. The first-order chi connectivity index (χ1) is 6.53. The number of likely N-dealkylation sites (tertiary alicyclic amines) is 1. The lowest BCUT2D eigenvalue weighted by atomic mass is 9.91. The summed E-state index contributed by atoms with van der Waals surface area (Å²) in [5.74, 6) is 0.376. The van der Waals surface area contributed by atoms with Crippen LogP contribution in [0.5, 0.6) is 0 Å². The van der Waals surface area contributed by atoms with Crippen molar-refractivity contribution in [3.63, 3.8) is 0 Å². The van der Waals surface area contributed by atoms with E-state index in [1.165, 1.54) is 0 Å². The molecule has 14 heavy (non-hydrogen) atoms. The van der Waals surface area contributed by atoms with Crippen LogP contribution < -0.4 is 0 Å². The highest BCUT2D eigenvalue weighted by molar-refractivity contribution is 5.79. The van der Waals surface area contributed by atoms with Crippen molar-refractivity contribution < 1.29 is 4.79 Å². The van der Waals surface area contributed by atoms with Crippen molar-refractivity contribution in [2.24, 2.45) is 5.41 Å². The summed E-state index contributed by atoms with van der Waals surface area (Å²) in [6.45, 7) is 6.61. The van der Waals surface area contributed by atoms with Gasteiger partial charge >= 0.3 is 0 Å². The average Bonchev–Trinajstić information content (AvgIpc) is 2.17. The number of hydrogen-bond acceptors (Lipinski definition) is 3. The van der Waals surface area contributed by atoms with Gasteiger partial charge in [-0.3, -0.25) is 4.79 Å². The summed E-state index contributed by atoms with van der Waals surface area (Å²) in [6, 6.07) is 2.30. The Kier molecular flexibility index (Phi) is 3.65. The van der Waals surface area contributed by atoms with Gasteiger partial charge in [0.05, 0.1) is 11.5 Å². The molecule has 0 N–H and O–H groups in total. The van der Waals surface area contributed by atoms with Crippen molar-refractivity contribution in [1.82, 2.24) is 4.90 Å². The van der Waals surface area contributed by atoms with E-state index in [9.17, 15) is 4.79 Å². The minimum atomic E-state index is -0.235. The van der Waals surface area contributed by atoms with Gasteiger partial charge in [0, 0.05) is 25.9 Å². The SMILES string of the molecule is CC(C)(C#N)CCN1CCC(=O)CC1. The van der Waals surface area contributed by atoms with Crippen LogP contribution in [-0.4, -0.2) is 30.3 Å². The Morgan fingerprint density at radius 3 is 2.50 bits per heavy atom. The number of rotatable bonds is 3. The molecule has 0 aromatic carbocycles. The second-order valence-corrected chi connectivity index (χ2v) is 4.63. The number of nitriles is 1. The van der Waals surface area contributed by atoms with Crippen molar-refractivity contribution in [3.05, 3.63) is 0 Å². The number of hydrogen-bond donors (Lipinski definition) is 0. The Morgan fingerprint density at radius 2 is 2.00 bits per heavy atom. The monoisotopic (exact) mass is 194 g/mol. The lowest BCUT2D eigenvalue weighted by Crippen LogP contribution is -2.35. The van der Waals surface area contributed by atoms with Gasteiger partial charge in [-0.15, -0.1) is 0 Å². The Bertz CT molecular complexity index is 243. The number of carbonyl (C=O) groups is 1. The molecule has 0 saturated carbocycles. The molecule has 1 aliphatic rings. The molecule has 0 atom stereocenters. The molecular weight excluding hydrogens is 176 g/mol. The fraction of sp³-hybridized carbons (Fsp3) is 0.818. The molecule has 0 aliphatic carbocycles. The molecule has 1 heterocycles. The van der Waals surface area contributed by atoms with E-state index in [-0.39, 0.29) is 5.41 Å². The first-order valence-electron chi connectivity index (χ1n) is 5.19. The maximum atomic E-state index is 11.0. The molecule has 0 spiro atoms. The normalized spacial score (nSPS) is 19.4. The summed E-state index contributed by atoms with van der Waals surface area (Å²) in [5.41, 5.74) is -0.235. The number of nitrogens with zero attached hydrogens (tertiary/aromatic N) is 2. The molecule has 1 rings (SSSR count). The van der Waals surface area contributed by atoms with E-state index in [0.717, 1.165) is 26.1 Å². The van der Waals surface area contributed by atoms with E-state index in [4.69, 9.17) is 5.26 Å². The van der Waals surface area contributed by atoms with Crippen molar-refractivity contribution >= 4 is 5.78 Å². The third-order valence-electron chi connectivity index (χ3n) is 2.77. The highest BCUT2D eigenvalue weighted by atomic mass is 16.1. The summed E-state index contributed by atoms with van der Waals surface area (Å²) in [4.78, 5) is 13.3. The molecule has 0 radical (unpaired) electrons. The zero-order valence-corrected chi connectivity index (χ0v) is 9.05. The molecule has 0 bridgehead atoms. The van der Waals surface area contributed by atoms with Gasteiger partial charge in [-0.25, -0.2) is 0 Å². The van der Waals surface area contributed by atoms with Crippen molar-refractivity contribution in [1.29, 1.82) is 5.26 Å². The highest BCUT2D eigenvalue weighted by Crippen LogP contribution is 2.19. The minimum Gasteiger partial charge on any atom is -0.302 e. The molecular formula is C11H18N2O. The van der Waals surface area contributed by atoms with Crippen LogP contribution in [-0.2, 0) is 4.79 Å². The Morgan fingerprint density at radius 1 is 1.43 bits per heavy atom. The van der Waals surface area contributed by atoms with Crippen molar-refractivity contribution in [2.75, 3.05) is 19.6 Å². The van der Waals surface area contributed by atoms with Crippen molar-refractivity contribution in [2.45, 2.75) is 33.1 Å². The Balaban J connectivity index is 2.26. The van der Waals surface area contributed by atoms with Crippen LogP contribution in [0.1, 0.15) is 33.1 Å². The zero-order valence-electron chi connectivity index (χ0n) is 9.05. The van der Waals surface area contributed by atoms with E-state index in [1.807, 2.05) is 13.8 Å². The van der Waals surface area contributed by atoms with E-state index < -0.39 is 0 Å². The Hall–Kier alpha value is -0.880. The first-order valence-corrected chi connectivity index (χ1v) is 5.19. The van der Waals surface area contributed by atoms with Crippen LogP contribution in [0.2, 0.25) is 0 Å². The molecule has 78 valence electrons. The predicted molar refractivity (Wildman–Crippen MR) is 54.7 cm³/mol. The van der Waals surface area contributed by atoms with Gasteiger partial charge in [0.15, 0.2) is 0 Å². The third kappa shape index (κ3) is 3.47. The van der Waals surface area contributed by atoms with Gasteiger partial charge in [-0.1, -0.05) is 0 Å². The summed E-state index contributed by atoms with van der Waals surface area (Å²) < 4.78 is 0. The number of ketones is 1. The van der Waals surface area contributed by atoms with Gasteiger partial charge < -0.3 is 4.90 Å². The summed E-state index contributed by atoms with van der Waals surface area (Å²) in [7, 11) is 0. The Labute approximate surface area is 85.7 Å². The van der Waals surface area contributed by atoms with Gasteiger partial charge in [0.2, 0.25) is 0 Å². The van der Waals surface area contributed by atoms with E-state index in [2.05, 4.69) is 11.0 Å². The third-order valence-corrected chi connectivity index (χ3v) is 2.77. The maximum Gasteiger partial charge on any atom is 0.135 e. The van der Waals surface area contributed by atoms with E-state index in [0.29, 0.717) is 18.6 Å². The van der Waals surface area contributed by atoms with Gasteiger partial charge in [0.25, 0.3) is 0 Å². The lowest BCUT2D eigenvalue weighted by molar-refractivity contribution is -0.121. The van der Waals surface area contributed by atoms with Crippen LogP contribution in [0, 0.1) is 16.7 Å². The lowest BCUT2D eigenvalue weighted by Gasteiger charge is -2.28. The standard InChI is InChI=1S/C11H18N2O/c1-11(2,9-12)5-8-13-6-3-10(14)4-7-13/h3-8H2,1-2H3. The highest BCUT2D eigenvalue weighted by Gasteiger charge is 2.20. The summed E-state index contributed by atoms with van der Waals surface area (Å²) >= 11 is 0. The van der Waals surface area contributed by atoms with Gasteiger partial charge in [-0.2, -0.15) is 5.26 Å². The molecule has 3 nitrogen and oxygen atoms in total. The molecule has 1 fully saturated rings. The second-order valence-electron chi connectivity index (χ2n) is 4.63. The number of Topliss-reactive ketones (excluding diaryl/α,β-unsaturated/α-hetero) is 1. The van der Waals surface area contributed by atoms with Crippen LogP contribution >= 0.6 is 0 Å². The predicted octanol–water partition coefficient (Wildman–Crippen LogP) is 1.59. The van der Waals surface area contributed by atoms with E-state index >= 15 is 0 Å². The van der Waals surface area contributed by atoms with Crippen molar-refractivity contribution in [3.8, 4) is 6.07 Å². The summed E-state index contributed by atoms with van der Waals surface area (Å²) in [5, 5.41) is 8.84. The number of piperidine rings is 1. The zero-order chi connectivity index (χ0) is 10.6. The minimum absolute atomic E-state index is 0.235. The van der Waals surface area contributed by atoms with Crippen LogP contribution in [0.3, 0.4) is 0 Å². The molecule has 0 aromatic heterocycles. The smallest absolute Gasteiger partial charge is 0.135 e. The fourth-order valence-electron chi connectivity index (χ4n) is 1.52. The fourth-order valence-corrected chi connectivity index (χ4v) is 1.52. The molecule has 3 heteroatoms. The van der Waals surface area contributed by atoms with Crippen LogP contribution in [0.15, 0.2) is 0 Å². The van der Waals surface area contributed by atoms with Gasteiger partial charge in [0.1, 0.15) is 5.78 Å². The maximum absolute atomic E-state index is 11.0. The quantitative estimate of drug-likeness (QED) is 0.685. The average molecular weight is 194 g/mol. The molecule has 1 saturated heterocycles. The largest absolute Gasteiger partial charge is 0.302 e. The molecule has 0 amide bonds. The second kappa shape index (κ2) is 4.56. The first kappa shape index (κ1) is 11.2. The van der Waals surface area contributed by atoms with Crippen LogP contribution in [0.4, 0.5) is 0 Å².